The highest BCUT2D eigenvalue weighted by Gasteiger charge is 2.77. The van der Waals surface area contributed by atoms with Crippen molar-refractivity contribution in [1.29, 1.82) is 0 Å². The van der Waals surface area contributed by atoms with Gasteiger partial charge in [-0.2, -0.15) is 0 Å². The predicted molar refractivity (Wildman–Crippen MR) is 181 cm³/mol. The van der Waals surface area contributed by atoms with E-state index in [0.717, 1.165) is 42.9 Å². The van der Waals surface area contributed by atoms with Crippen LogP contribution in [0.2, 0.25) is 0 Å². The van der Waals surface area contributed by atoms with E-state index in [2.05, 4.69) is 76.7 Å². The van der Waals surface area contributed by atoms with Crippen molar-refractivity contribution in [3.8, 4) is 0 Å². The molecule has 48 heavy (non-hydrogen) atoms. The van der Waals surface area contributed by atoms with E-state index >= 15 is 0 Å². The highest BCUT2D eigenvalue weighted by Crippen LogP contribution is 2.72. The van der Waals surface area contributed by atoms with Crippen LogP contribution in [-0.2, 0) is 24.4 Å². The average Bonchev–Trinajstić information content (AvgIpc) is 3.94. The van der Waals surface area contributed by atoms with Crippen molar-refractivity contribution in [2.75, 3.05) is 37.4 Å². The number of carbonyl (C=O) groups is 1. The van der Waals surface area contributed by atoms with Gasteiger partial charge in [-0.15, -0.1) is 0 Å². The fourth-order valence-corrected chi connectivity index (χ4v) is 14.3. The van der Waals surface area contributed by atoms with Crippen LogP contribution in [-0.4, -0.2) is 84.6 Å². The maximum absolute atomic E-state index is 13.5. The summed E-state index contributed by atoms with van der Waals surface area (Å²) in [7, 11) is 1.53. The van der Waals surface area contributed by atoms with Crippen LogP contribution in [0.1, 0.15) is 87.4 Å². The van der Waals surface area contributed by atoms with E-state index in [0.29, 0.717) is 30.6 Å². The van der Waals surface area contributed by atoms with E-state index in [4.69, 9.17) is 14.2 Å². The first-order chi connectivity index (χ1) is 23.4. The molecule has 8 heterocycles. The number of hydrogen-bond acceptors (Lipinski definition) is 8. The smallest absolute Gasteiger partial charge is 0.335 e. The number of piperidine rings is 3. The van der Waals surface area contributed by atoms with Gasteiger partial charge in [-0.25, -0.2) is 4.79 Å². The van der Waals surface area contributed by atoms with Gasteiger partial charge in [0, 0.05) is 59.0 Å². The summed E-state index contributed by atoms with van der Waals surface area (Å²) in [5.74, 6) is 0.342. The summed E-state index contributed by atoms with van der Waals surface area (Å²) in [6.45, 7) is 8.01. The molecule has 10 aliphatic rings. The Morgan fingerprint density at radius 2 is 1.85 bits per heavy atom. The molecule has 2 aromatic rings. The monoisotopic (exact) mass is 646 g/mol. The van der Waals surface area contributed by atoms with E-state index in [-0.39, 0.29) is 52.0 Å². The van der Waals surface area contributed by atoms with Crippen LogP contribution < -0.4 is 10.6 Å². The number of nitrogens with one attached hydrogen (secondary N) is 2. The van der Waals surface area contributed by atoms with E-state index in [1.54, 1.807) is 5.56 Å². The Morgan fingerprint density at radius 1 is 0.979 bits per heavy atom. The number of methoxy groups -OCH3 is 1. The number of rotatable bonds is 4. The molecule has 2 aliphatic carbocycles. The molecular weight excluding hydrogens is 600 g/mol. The van der Waals surface area contributed by atoms with Gasteiger partial charge in [-0.3, -0.25) is 9.80 Å². The van der Waals surface area contributed by atoms with E-state index < -0.39 is 0 Å². The Bertz CT molecular complexity index is 1860. The van der Waals surface area contributed by atoms with Gasteiger partial charge in [-0.05, 0) is 80.3 Å². The van der Waals surface area contributed by atoms with Crippen LogP contribution >= 0.6 is 0 Å². The van der Waals surface area contributed by atoms with Crippen LogP contribution in [0.25, 0.3) is 0 Å². The third kappa shape index (κ3) is 2.87. The quantitative estimate of drug-likeness (QED) is 0.335. The fraction of sp³-hybridized carbons (Fsp3) is 0.625. The topological polar surface area (TPSA) is 81.9 Å². The minimum atomic E-state index is -0.268. The van der Waals surface area contributed by atoms with Gasteiger partial charge in [0.1, 0.15) is 6.10 Å². The number of esters is 1. The van der Waals surface area contributed by atoms with Gasteiger partial charge < -0.3 is 24.8 Å². The lowest BCUT2D eigenvalue weighted by atomic mass is 9.53. The molecule has 12 rings (SSSR count). The lowest BCUT2D eigenvalue weighted by Crippen LogP contribution is -2.67. The van der Waals surface area contributed by atoms with Crippen LogP contribution in [0.4, 0.5) is 11.4 Å². The predicted octanol–water partition coefficient (Wildman–Crippen LogP) is 5.47. The van der Waals surface area contributed by atoms with Crippen molar-refractivity contribution >= 4 is 17.3 Å². The van der Waals surface area contributed by atoms with Crippen LogP contribution in [0, 0.1) is 10.8 Å². The van der Waals surface area contributed by atoms with Crippen LogP contribution in [0.3, 0.4) is 0 Å². The van der Waals surface area contributed by atoms with Gasteiger partial charge in [-0.1, -0.05) is 44.2 Å². The second-order valence-electron chi connectivity index (χ2n) is 17.0. The first-order valence-electron chi connectivity index (χ1n) is 18.9. The number of fused-ring (bicyclic) bond motifs is 7. The molecule has 1 saturated carbocycles. The second kappa shape index (κ2) is 8.68. The third-order valence-electron chi connectivity index (χ3n) is 16.0. The molecule has 8 nitrogen and oxygen atoms in total. The molecule has 0 amide bonds. The zero-order valence-corrected chi connectivity index (χ0v) is 28.3. The van der Waals surface area contributed by atoms with Crippen molar-refractivity contribution in [2.24, 2.45) is 10.8 Å². The number of anilines is 2. The summed E-state index contributed by atoms with van der Waals surface area (Å²) in [6, 6.07) is 17.2. The Hall–Kier alpha value is -2.91. The highest BCUT2D eigenvalue weighted by atomic mass is 16.6. The summed E-state index contributed by atoms with van der Waals surface area (Å²) in [4.78, 5) is 19.2. The normalized spacial score (nSPS) is 47.7. The van der Waals surface area contributed by atoms with E-state index in [9.17, 15) is 4.79 Å². The standard InChI is InChI=1S/C40H46N4O4/c1-4-37-13-14-40-24(12-16-43(36(37)40)20-28-32(37)47-28)22-18-21(10-11-26(22)42-40)29-30-33(48-30)38(5-2)19-23(34(45)46-3)31-39(15-17-44(29)35(38)39)25-8-6-7-9-27(25)41-31/h6-11,18,24,28-30,32-33,35-36,41-42H,4-5,12-17,19-20H2,1-3H3/t24-,28+,29+,30+,32+,33+,35-,36-,37+,38+,39-,40+/m0/s1. The summed E-state index contributed by atoms with van der Waals surface area (Å²) in [5, 5.41) is 8.03. The fourth-order valence-electron chi connectivity index (χ4n) is 14.3. The zero-order valence-electron chi connectivity index (χ0n) is 28.3. The molecule has 2 N–H and O–H groups in total. The molecule has 12 atom stereocenters. The van der Waals surface area contributed by atoms with Gasteiger partial charge in [0.2, 0.25) is 0 Å². The van der Waals surface area contributed by atoms with Gasteiger partial charge >= 0.3 is 5.97 Å². The molecule has 2 spiro atoms. The Kier molecular flexibility index (Phi) is 5.04. The second-order valence-corrected chi connectivity index (χ2v) is 17.0. The largest absolute Gasteiger partial charge is 0.466 e. The average molecular weight is 647 g/mol. The highest BCUT2D eigenvalue weighted by molar-refractivity contribution is 5.93. The Balaban J connectivity index is 0.969. The van der Waals surface area contributed by atoms with Crippen molar-refractivity contribution in [2.45, 2.75) is 118 Å². The molecule has 8 heteroatoms. The molecule has 0 unspecified atom stereocenters. The van der Waals surface area contributed by atoms with Crippen molar-refractivity contribution in [3.63, 3.8) is 0 Å². The molecule has 8 aliphatic heterocycles. The van der Waals surface area contributed by atoms with Crippen LogP contribution in [0.15, 0.2) is 53.7 Å². The molecular formula is C40H46N4O4. The maximum Gasteiger partial charge on any atom is 0.335 e. The van der Waals surface area contributed by atoms with E-state index in [1.165, 1.54) is 56.2 Å². The number of nitrogens with zero attached hydrogens (tertiary/aromatic N) is 2. The summed E-state index contributed by atoms with van der Waals surface area (Å²) in [5.41, 5.74) is 8.70. The number of ether oxygens (including phenoxy) is 3. The lowest BCUT2D eigenvalue weighted by Gasteiger charge is -2.56. The maximum atomic E-state index is 13.5. The van der Waals surface area contributed by atoms with Gasteiger partial charge in [0.25, 0.3) is 0 Å². The molecule has 0 bridgehead atoms. The number of carbonyl (C=O) groups excluding carboxylic acids is 1. The van der Waals surface area contributed by atoms with Crippen molar-refractivity contribution in [1.82, 2.24) is 9.80 Å². The molecule has 0 radical (unpaired) electrons. The number of benzene rings is 2. The first kappa shape index (κ1) is 27.9. The van der Waals surface area contributed by atoms with Crippen molar-refractivity contribution in [3.05, 3.63) is 70.4 Å². The van der Waals surface area contributed by atoms with Crippen LogP contribution in [0.5, 0.6) is 0 Å². The number of para-hydroxylation sites is 1. The lowest BCUT2D eigenvalue weighted by molar-refractivity contribution is -0.137. The summed E-state index contributed by atoms with van der Waals surface area (Å²) >= 11 is 0. The number of epoxide rings is 2. The first-order valence-corrected chi connectivity index (χ1v) is 18.9. The molecule has 250 valence electrons. The minimum absolute atomic E-state index is 0.110. The van der Waals surface area contributed by atoms with E-state index in [1.807, 2.05) is 0 Å². The molecule has 2 aromatic carbocycles. The molecule has 7 fully saturated rings. The van der Waals surface area contributed by atoms with Crippen molar-refractivity contribution < 1.29 is 19.0 Å². The summed E-state index contributed by atoms with van der Waals surface area (Å²) < 4.78 is 18.7. The molecule has 6 saturated heterocycles. The SMILES string of the molecule is CC[C@@]12CC[C@@]34Nc5ccc([C@@H]6[C@H]7O[C@H]7[C@@]7(CC)CC(C(=O)OC)=C8Nc9ccccc9[C@@]89CCN6[C@@H]79)cc5[C@@H]3CCN(C[C@H]3O[C@H]31)[C@@H]24. The number of hydrogen-bond donors (Lipinski definition) is 2. The zero-order chi connectivity index (χ0) is 31.9. The van der Waals surface area contributed by atoms with Gasteiger partial charge in [0.15, 0.2) is 0 Å². The molecule has 0 aromatic heterocycles. The Morgan fingerprint density at radius 3 is 2.71 bits per heavy atom. The van der Waals surface area contributed by atoms with Gasteiger partial charge in [0.05, 0.1) is 48.0 Å². The third-order valence-corrected chi connectivity index (χ3v) is 16.0. The summed E-state index contributed by atoms with van der Waals surface area (Å²) in [6.07, 6.45) is 8.79. The minimum Gasteiger partial charge on any atom is -0.466 e. The Labute approximate surface area is 282 Å².